The highest BCUT2D eigenvalue weighted by atomic mass is 35.5. The standard InChI is InChI=1S/C7H12N2.ClH/c8-5-7(6-9)3-1-2-4-7;/h1-5,8H2;1H. The summed E-state index contributed by atoms with van der Waals surface area (Å²) in [6, 6.07) is 2.30. The third kappa shape index (κ3) is 1.62. The van der Waals surface area contributed by atoms with Crippen molar-refractivity contribution in [2.75, 3.05) is 6.54 Å². The molecule has 0 atom stereocenters. The van der Waals surface area contributed by atoms with Crippen LogP contribution in [0.5, 0.6) is 0 Å². The molecule has 1 saturated carbocycles. The molecule has 0 bridgehead atoms. The van der Waals surface area contributed by atoms with E-state index in [2.05, 4.69) is 6.07 Å². The molecule has 1 aliphatic carbocycles. The van der Waals surface area contributed by atoms with Crippen LogP contribution in [0.2, 0.25) is 0 Å². The first kappa shape index (κ1) is 9.74. The largest absolute Gasteiger partial charge is 0.329 e. The Kier molecular flexibility index (Phi) is 3.70. The molecule has 0 saturated heterocycles. The zero-order valence-electron chi connectivity index (χ0n) is 5.97. The summed E-state index contributed by atoms with van der Waals surface area (Å²) in [7, 11) is 0. The minimum atomic E-state index is -0.139. The van der Waals surface area contributed by atoms with Crippen LogP contribution >= 0.6 is 12.4 Å². The van der Waals surface area contributed by atoms with E-state index in [4.69, 9.17) is 11.0 Å². The van der Waals surface area contributed by atoms with Gasteiger partial charge >= 0.3 is 0 Å². The maximum Gasteiger partial charge on any atom is 0.0703 e. The van der Waals surface area contributed by atoms with Gasteiger partial charge in [-0.3, -0.25) is 0 Å². The van der Waals surface area contributed by atoms with Gasteiger partial charge < -0.3 is 5.73 Å². The molecule has 2 nitrogen and oxygen atoms in total. The molecule has 3 heteroatoms. The van der Waals surface area contributed by atoms with Crippen LogP contribution in [0, 0.1) is 16.7 Å². The van der Waals surface area contributed by atoms with Crippen LogP contribution in [0.25, 0.3) is 0 Å². The molecule has 0 aromatic rings. The van der Waals surface area contributed by atoms with Crippen molar-refractivity contribution in [3.05, 3.63) is 0 Å². The van der Waals surface area contributed by atoms with E-state index in [1.54, 1.807) is 0 Å². The molecule has 0 aromatic carbocycles. The average Bonchev–Trinajstić information content (AvgIpc) is 2.36. The molecule has 1 fully saturated rings. The van der Waals surface area contributed by atoms with Crippen molar-refractivity contribution in [1.82, 2.24) is 0 Å². The predicted octanol–water partition coefficient (Wildman–Crippen LogP) is 1.45. The first-order chi connectivity index (χ1) is 4.33. The molecule has 1 aliphatic rings. The topological polar surface area (TPSA) is 49.8 Å². The quantitative estimate of drug-likeness (QED) is 0.631. The maximum absolute atomic E-state index is 8.69. The third-order valence-electron chi connectivity index (χ3n) is 2.19. The fourth-order valence-electron chi connectivity index (χ4n) is 1.41. The number of nitrogens with zero attached hydrogens (tertiary/aromatic N) is 1. The fourth-order valence-corrected chi connectivity index (χ4v) is 1.41. The van der Waals surface area contributed by atoms with Crippen LogP contribution in [0.3, 0.4) is 0 Å². The number of halogens is 1. The number of hydrogen-bond acceptors (Lipinski definition) is 2. The van der Waals surface area contributed by atoms with Crippen LogP contribution in [-0.2, 0) is 0 Å². The summed E-state index contributed by atoms with van der Waals surface area (Å²) in [5.74, 6) is 0. The molecule has 0 radical (unpaired) electrons. The SMILES string of the molecule is Cl.N#CC1(CN)CCCC1. The van der Waals surface area contributed by atoms with Crippen LogP contribution in [-0.4, -0.2) is 6.54 Å². The molecular weight excluding hydrogens is 148 g/mol. The van der Waals surface area contributed by atoms with Gasteiger partial charge in [0.2, 0.25) is 0 Å². The summed E-state index contributed by atoms with van der Waals surface area (Å²) in [4.78, 5) is 0. The molecule has 0 aromatic heterocycles. The summed E-state index contributed by atoms with van der Waals surface area (Å²) in [5, 5.41) is 8.69. The Labute approximate surface area is 67.8 Å². The summed E-state index contributed by atoms with van der Waals surface area (Å²) in [6.45, 7) is 0.545. The van der Waals surface area contributed by atoms with E-state index in [0.29, 0.717) is 6.54 Å². The molecule has 58 valence electrons. The molecule has 2 N–H and O–H groups in total. The monoisotopic (exact) mass is 160 g/mol. The molecule has 0 unspecified atom stereocenters. The van der Waals surface area contributed by atoms with Crippen molar-refractivity contribution in [3.63, 3.8) is 0 Å². The molecule has 10 heavy (non-hydrogen) atoms. The van der Waals surface area contributed by atoms with Gasteiger partial charge in [0.25, 0.3) is 0 Å². The second-order valence-electron chi connectivity index (χ2n) is 2.80. The van der Waals surface area contributed by atoms with E-state index < -0.39 is 0 Å². The Morgan fingerprint density at radius 3 is 2.10 bits per heavy atom. The van der Waals surface area contributed by atoms with Crippen LogP contribution in [0.4, 0.5) is 0 Å². The summed E-state index contributed by atoms with van der Waals surface area (Å²) in [6.07, 6.45) is 4.40. The van der Waals surface area contributed by atoms with Gasteiger partial charge in [-0.1, -0.05) is 12.8 Å². The number of nitrogens with two attached hydrogens (primary N) is 1. The van der Waals surface area contributed by atoms with E-state index >= 15 is 0 Å². The molecule has 1 rings (SSSR count). The van der Waals surface area contributed by atoms with Crippen LogP contribution in [0.1, 0.15) is 25.7 Å². The van der Waals surface area contributed by atoms with Gasteiger partial charge in [0.15, 0.2) is 0 Å². The van der Waals surface area contributed by atoms with Gasteiger partial charge in [-0.25, -0.2) is 0 Å². The van der Waals surface area contributed by atoms with Crippen molar-refractivity contribution in [1.29, 1.82) is 5.26 Å². The molecule has 0 aliphatic heterocycles. The zero-order valence-corrected chi connectivity index (χ0v) is 6.78. The lowest BCUT2D eigenvalue weighted by Crippen LogP contribution is -2.24. The van der Waals surface area contributed by atoms with Gasteiger partial charge in [-0.05, 0) is 12.8 Å². The fraction of sp³-hybridized carbons (Fsp3) is 0.857. The van der Waals surface area contributed by atoms with Crippen LogP contribution < -0.4 is 5.73 Å². The van der Waals surface area contributed by atoms with Crippen molar-refractivity contribution in [2.24, 2.45) is 11.1 Å². The van der Waals surface area contributed by atoms with Gasteiger partial charge in [0.1, 0.15) is 0 Å². The number of nitriles is 1. The zero-order chi connectivity index (χ0) is 6.74. The van der Waals surface area contributed by atoms with Crippen molar-refractivity contribution in [3.8, 4) is 6.07 Å². The Morgan fingerprint density at radius 1 is 1.40 bits per heavy atom. The molecule has 0 heterocycles. The smallest absolute Gasteiger partial charge is 0.0703 e. The molecular formula is C7H13ClN2. The Morgan fingerprint density at radius 2 is 1.90 bits per heavy atom. The van der Waals surface area contributed by atoms with E-state index in [1.165, 1.54) is 12.8 Å². The summed E-state index contributed by atoms with van der Waals surface area (Å²) in [5.41, 5.74) is 5.32. The lowest BCUT2D eigenvalue weighted by Gasteiger charge is -2.15. The lowest BCUT2D eigenvalue weighted by molar-refractivity contribution is 0.424. The predicted molar refractivity (Wildman–Crippen MR) is 42.8 cm³/mol. The summed E-state index contributed by atoms with van der Waals surface area (Å²) < 4.78 is 0. The Hall–Kier alpha value is -0.260. The first-order valence-electron chi connectivity index (χ1n) is 3.44. The van der Waals surface area contributed by atoms with E-state index in [9.17, 15) is 0 Å². The van der Waals surface area contributed by atoms with Crippen molar-refractivity contribution >= 4 is 12.4 Å². The van der Waals surface area contributed by atoms with Crippen LogP contribution in [0.15, 0.2) is 0 Å². The Bertz CT molecular complexity index is 133. The molecule has 0 amide bonds. The van der Waals surface area contributed by atoms with Gasteiger partial charge in [-0.15, -0.1) is 12.4 Å². The third-order valence-corrected chi connectivity index (χ3v) is 2.19. The van der Waals surface area contributed by atoms with Gasteiger partial charge in [0.05, 0.1) is 11.5 Å². The minimum absolute atomic E-state index is 0. The Balaban J connectivity index is 0.000000810. The number of rotatable bonds is 1. The number of hydrogen-bond donors (Lipinski definition) is 1. The molecule has 0 spiro atoms. The van der Waals surface area contributed by atoms with E-state index in [-0.39, 0.29) is 17.8 Å². The summed E-state index contributed by atoms with van der Waals surface area (Å²) >= 11 is 0. The van der Waals surface area contributed by atoms with E-state index in [1.807, 2.05) is 0 Å². The second-order valence-corrected chi connectivity index (χ2v) is 2.80. The highest BCUT2D eigenvalue weighted by Crippen LogP contribution is 2.35. The average molecular weight is 161 g/mol. The van der Waals surface area contributed by atoms with Crippen molar-refractivity contribution in [2.45, 2.75) is 25.7 Å². The van der Waals surface area contributed by atoms with Gasteiger partial charge in [0, 0.05) is 6.54 Å². The minimum Gasteiger partial charge on any atom is -0.329 e. The van der Waals surface area contributed by atoms with Gasteiger partial charge in [-0.2, -0.15) is 5.26 Å². The van der Waals surface area contributed by atoms with Crippen molar-refractivity contribution < 1.29 is 0 Å². The normalized spacial score (nSPS) is 21.2. The second kappa shape index (κ2) is 3.80. The highest BCUT2D eigenvalue weighted by molar-refractivity contribution is 5.85. The van der Waals surface area contributed by atoms with E-state index in [0.717, 1.165) is 12.8 Å². The first-order valence-corrected chi connectivity index (χ1v) is 3.44. The maximum atomic E-state index is 8.69. The lowest BCUT2D eigenvalue weighted by atomic mass is 9.89. The highest BCUT2D eigenvalue weighted by Gasteiger charge is 2.31.